The van der Waals surface area contributed by atoms with Gasteiger partial charge in [0.25, 0.3) is 0 Å². The maximum absolute atomic E-state index is 6.02. The van der Waals surface area contributed by atoms with Crippen molar-refractivity contribution < 1.29 is 4.74 Å². The molecule has 0 amide bonds. The van der Waals surface area contributed by atoms with E-state index in [0.29, 0.717) is 12.6 Å². The van der Waals surface area contributed by atoms with E-state index in [9.17, 15) is 0 Å². The Bertz CT molecular complexity index is 588. The normalized spacial score (nSPS) is 20.6. The van der Waals surface area contributed by atoms with Gasteiger partial charge in [-0.3, -0.25) is 0 Å². The third-order valence-electron chi connectivity index (χ3n) is 3.06. The molecule has 0 aromatic carbocycles. The van der Waals surface area contributed by atoms with Crippen LogP contribution in [0.3, 0.4) is 0 Å². The first kappa shape index (κ1) is 12.4. The highest BCUT2D eigenvalue weighted by Crippen LogP contribution is 2.26. The van der Waals surface area contributed by atoms with Crippen LogP contribution in [0.4, 0.5) is 5.82 Å². The molecule has 18 heavy (non-hydrogen) atoms. The van der Waals surface area contributed by atoms with Gasteiger partial charge in [0, 0.05) is 6.54 Å². The lowest BCUT2D eigenvalue weighted by molar-refractivity contribution is 0.0986. The summed E-state index contributed by atoms with van der Waals surface area (Å²) < 4.78 is 8.30. The summed E-state index contributed by atoms with van der Waals surface area (Å²) in [6.45, 7) is 4.38. The fraction of sp³-hybridized carbons (Fsp3) is 0.455. The van der Waals surface area contributed by atoms with Crippen molar-refractivity contribution in [3.8, 4) is 0 Å². The zero-order chi connectivity index (χ0) is 12.7. The van der Waals surface area contributed by atoms with Crippen LogP contribution >= 0.6 is 34.2 Å². The Morgan fingerprint density at radius 3 is 3.11 bits per heavy atom. The van der Waals surface area contributed by atoms with Crippen LogP contribution in [-0.2, 0) is 4.74 Å². The SMILES string of the molecule is C[C@@H]1COCCN1c1nc(Cl)nn2c(I)ccc12. The Morgan fingerprint density at radius 2 is 2.33 bits per heavy atom. The molecular formula is C11H12ClIN4O. The minimum Gasteiger partial charge on any atom is -0.377 e. The predicted octanol–water partition coefficient (Wildman–Crippen LogP) is 2.21. The summed E-state index contributed by atoms with van der Waals surface area (Å²) in [4.78, 5) is 6.61. The molecule has 3 heterocycles. The third kappa shape index (κ3) is 2.06. The summed E-state index contributed by atoms with van der Waals surface area (Å²) in [7, 11) is 0. The van der Waals surface area contributed by atoms with Gasteiger partial charge in [0.1, 0.15) is 9.22 Å². The number of morpholine rings is 1. The highest BCUT2D eigenvalue weighted by molar-refractivity contribution is 14.1. The molecule has 0 aliphatic carbocycles. The summed E-state index contributed by atoms with van der Waals surface area (Å²) >= 11 is 8.25. The van der Waals surface area contributed by atoms with Gasteiger partial charge >= 0.3 is 0 Å². The predicted molar refractivity (Wildman–Crippen MR) is 78.3 cm³/mol. The smallest absolute Gasteiger partial charge is 0.243 e. The molecule has 0 N–H and O–H groups in total. The van der Waals surface area contributed by atoms with Crippen LogP contribution in [-0.4, -0.2) is 40.4 Å². The number of ether oxygens (including phenoxy) is 1. The van der Waals surface area contributed by atoms with Crippen LogP contribution in [0.25, 0.3) is 5.52 Å². The summed E-state index contributed by atoms with van der Waals surface area (Å²) in [5, 5.41) is 4.49. The average molecular weight is 379 g/mol. The number of hydrogen-bond donors (Lipinski definition) is 0. The highest BCUT2D eigenvalue weighted by Gasteiger charge is 2.23. The molecule has 0 bridgehead atoms. The lowest BCUT2D eigenvalue weighted by atomic mass is 10.2. The number of halogens is 2. The van der Waals surface area contributed by atoms with Gasteiger partial charge in [-0.2, -0.15) is 4.98 Å². The van der Waals surface area contributed by atoms with Crippen LogP contribution in [0.1, 0.15) is 6.92 Å². The Hall–Kier alpha value is -0.600. The number of anilines is 1. The maximum atomic E-state index is 6.02. The van der Waals surface area contributed by atoms with E-state index in [4.69, 9.17) is 16.3 Å². The van der Waals surface area contributed by atoms with Crippen molar-refractivity contribution in [2.24, 2.45) is 0 Å². The second-order valence-corrected chi connectivity index (χ2v) is 5.72. The van der Waals surface area contributed by atoms with Crippen LogP contribution < -0.4 is 4.90 Å². The van der Waals surface area contributed by atoms with Gasteiger partial charge in [-0.1, -0.05) is 0 Å². The van der Waals surface area contributed by atoms with E-state index in [2.05, 4.69) is 44.5 Å². The molecule has 0 unspecified atom stereocenters. The van der Waals surface area contributed by atoms with Crippen LogP contribution in [0, 0.1) is 3.70 Å². The van der Waals surface area contributed by atoms with E-state index >= 15 is 0 Å². The maximum Gasteiger partial charge on any atom is 0.243 e. The Morgan fingerprint density at radius 1 is 1.50 bits per heavy atom. The monoisotopic (exact) mass is 378 g/mol. The second-order valence-electron chi connectivity index (χ2n) is 4.27. The molecule has 7 heteroatoms. The van der Waals surface area contributed by atoms with Gasteiger partial charge < -0.3 is 9.64 Å². The number of hydrogen-bond acceptors (Lipinski definition) is 4. The highest BCUT2D eigenvalue weighted by atomic mass is 127. The molecule has 96 valence electrons. The Kier molecular flexibility index (Phi) is 3.33. The molecule has 1 aliphatic rings. The van der Waals surface area contributed by atoms with Crippen molar-refractivity contribution in [2.75, 3.05) is 24.7 Å². The first-order valence-electron chi connectivity index (χ1n) is 5.72. The van der Waals surface area contributed by atoms with Gasteiger partial charge in [0.15, 0.2) is 5.82 Å². The molecule has 1 atom stereocenters. The summed E-state index contributed by atoms with van der Waals surface area (Å²) in [5.41, 5.74) is 0.984. The molecule has 0 spiro atoms. The average Bonchev–Trinajstić information content (AvgIpc) is 2.71. The quantitative estimate of drug-likeness (QED) is 0.714. The fourth-order valence-electron chi connectivity index (χ4n) is 2.18. The van der Waals surface area contributed by atoms with E-state index in [1.807, 2.05) is 16.6 Å². The number of nitrogens with zero attached hydrogens (tertiary/aromatic N) is 4. The molecule has 5 nitrogen and oxygen atoms in total. The molecule has 3 rings (SSSR count). The standard InChI is InChI=1S/C11H12ClIN4O/c1-7-6-18-5-4-16(7)10-8-2-3-9(13)17(8)15-11(12)14-10/h2-3,7H,4-6H2,1H3/t7-/m1/s1. The minimum absolute atomic E-state index is 0.269. The van der Waals surface area contributed by atoms with Crippen LogP contribution in [0.5, 0.6) is 0 Å². The summed E-state index contributed by atoms with van der Waals surface area (Å²) in [5.74, 6) is 0.883. The molecule has 0 saturated carbocycles. The molecule has 2 aromatic heterocycles. The number of rotatable bonds is 1. The van der Waals surface area contributed by atoms with Crippen molar-refractivity contribution >= 4 is 45.5 Å². The van der Waals surface area contributed by atoms with E-state index in [0.717, 1.165) is 28.2 Å². The second kappa shape index (κ2) is 4.82. The van der Waals surface area contributed by atoms with Gasteiger partial charge in [0.05, 0.1) is 19.3 Å². The van der Waals surface area contributed by atoms with Crippen molar-refractivity contribution in [1.82, 2.24) is 14.6 Å². The Balaban J connectivity index is 2.15. The van der Waals surface area contributed by atoms with Crippen LogP contribution in [0.15, 0.2) is 12.1 Å². The van der Waals surface area contributed by atoms with E-state index < -0.39 is 0 Å². The molecule has 1 fully saturated rings. The lowest BCUT2D eigenvalue weighted by Crippen LogP contribution is -2.44. The van der Waals surface area contributed by atoms with Crippen molar-refractivity contribution in [2.45, 2.75) is 13.0 Å². The van der Waals surface area contributed by atoms with Crippen molar-refractivity contribution in [3.05, 3.63) is 21.1 Å². The zero-order valence-electron chi connectivity index (χ0n) is 9.81. The van der Waals surface area contributed by atoms with Gasteiger partial charge in [-0.25, -0.2) is 4.52 Å². The van der Waals surface area contributed by atoms with Crippen molar-refractivity contribution in [3.63, 3.8) is 0 Å². The molecule has 2 aromatic rings. The topological polar surface area (TPSA) is 42.7 Å². The molecular weight excluding hydrogens is 367 g/mol. The molecule has 0 radical (unpaired) electrons. The van der Waals surface area contributed by atoms with Gasteiger partial charge in [-0.15, -0.1) is 5.10 Å². The summed E-state index contributed by atoms with van der Waals surface area (Å²) in [6.07, 6.45) is 0. The minimum atomic E-state index is 0.269. The number of fused-ring (bicyclic) bond motifs is 1. The van der Waals surface area contributed by atoms with E-state index in [1.54, 1.807) is 0 Å². The third-order valence-corrected chi connectivity index (χ3v) is 4.04. The fourth-order valence-corrected chi connectivity index (χ4v) is 2.88. The van der Waals surface area contributed by atoms with Gasteiger partial charge in [0.2, 0.25) is 5.28 Å². The van der Waals surface area contributed by atoms with E-state index in [-0.39, 0.29) is 5.28 Å². The van der Waals surface area contributed by atoms with Crippen LogP contribution in [0.2, 0.25) is 5.28 Å². The summed E-state index contributed by atoms with van der Waals surface area (Å²) in [6, 6.07) is 4.33. The Labute approximate surface area is 123 Å². The largest absolute Gasteiger partial charge is 0.377 e. The first-order chi connectivity index (χ1) is 8.66. The first-order valence-corrected chi connectivity index (χ1v) is 7.17. The lowest BCUT2D eigenvalue weighted by Gasteiger charge is -2.34. The van der Waals surface area contributed by atoms with E-state index in [1.165, 1.54) is 0 Å². The van der Waals surface area contributed by atoms with Crippen molar-refractivity contribution in [1.29, 1.82) is 0 Å². The van der Waals surface area contributed by atoms with Gasteiger partial charge in [-0.05, 0) is 53.2 Å². The molecule has 1 saturated heterocycles. The zero-order valence-corrected chi connectivity index (χ0v) is 12.7. The molecule has 1 aliphatic heterocycles. The number of aromatic nitrogens is 3.